The fourth-order valence-electron chi connectivity index (χ4n) is 2.28. The van der Waals surface area contributed by atoms with Gasteiger partial charge in [-0.3, -0.25) is 4.90 Å². The van der Waals surface area contributed by atoms with Gasteiger partial charge in [0.1, 0.15) is 5.82 Å². The van der Waals surface area contributed by atoms with Crippen molar-refractivity contribution < 1.29 is 4.79 Å². The number of rotatable bonds is 2. The van der Waals surface area contributed by atoms with Gasteiger partial charge >= 0.3 is 6.03 Å². The van der Waals surface area contributed by atoms with Crippen molar-refractivity contribution >= 4 is 27.8 Å². The van der Waals surface area contributed by atoms with Crippen LogP contribution in [0.3, 0.4) is 0 Å². The zero-order valence-electron chi connectivity index (χ0n) is 10.2. The van der Waals surface area contributed by atoms with Crippen molar-refractivity contribution in [2.75, 3.05) is 18.0 Å². The molecule has 2 amide bonds. The molecule has 0 atom stereocenters. The molecule has 0 spiro atoms. The monoisotopic (exact) mass is 309 g/mol. The van der Waals surface area contributed by atoms with Crippen LogP contribution in [-0.2, 0) is 6.42 Å². The minimum atomic E-state index is -0.00216. The van der Waals surface area contributed by atoms with Crippen LogP contribution in [0.1, 0.15) is 24.8 Å². The fourth-order valence-corrected chi connectivity index (χ4v) is 2.66. The Morgan fingerprint density at radius 1 is 1.56 bits per heavy atom. The van der Waals surface area contributed by atoms with E-state index in [0.29, 0.717) is 5.92 Å². The van der Waals surface area contributed by atoms with E-state index in [1.165, 1.54) is 12.8 Å². The highest BCUT2D eigenvalue weighted by molar-refractivity contribution is 9.10. The maximum atomic E-state index is 12.1. The molecule has 1 N–H and O–H groups in total. The number of aromatic nitrogens is 1. The molecule has 18 heavy (non-hydrogen) atoms. The summed E-state index contributed by atoms with van der Waals surface area (Å²) in [5, 5.41) is 3.01. The first-order chi connectivity index (χ1) is 8.74. The van der Waals surface area contributed by atoms with Gasteiger partial charge in [0.15, 0.2) is 0 Å². The zero-order chi connectivity index (χ0) is 12.5. The second-order valence-corrected chi connectivity index (χ2v) is 5.94. The number of pyridine rings is 1. The van der Waals surface area contributed by atoms with Gasteiger partial charge in [0, 0.05) is 23.8 Å². The molecule has 0 unspecified atom stereocenters. The Hall–Kier alpha value is -1.10. The number of urea groups is 1. The molecule has 1 saturated carbocycles. The molecule has 0 saturated heterocycles. The molecular formula is C13H16BrN3O. The number of carbonyl (C=O) groups excluding carboxylic acids is 1. The van der Waals surface area contributed by atoms with Crippen molar-refractivity contribution in [3.8, 4) is 0 Å². The van der Waals surface area contributed by atoms with Gasteiger partial charge in [0.25, 0.3) is 0 Å². The number of anilines is 1. The molecule has 0 radical (unpaired) electrons. The van der Waals surface area contributed by atoms with E-state index in [-0.39, 0.29) is 6.03 Å². The number of carbonyl (C=O) groups is 1. The first kappa shape index (κ1) is 12.0. The maximum absolute atomic E-state index is 12.1. The molecule has 1 fully saturated rings. The minimum Gasteiger partial charge on any atom is -0.337 e. The number of nitrogens with one attached hydrogen (secondary N) is 1. The lowest BCUT2D eigenvalue weighted by atomic mass is 10.1. The predicted octanol–water partition coefficient (Wildman–Crippen LogP) is 2.72. The Kier molecular flexibility index (Phi) is 3.24. The van der Waals surface area contributed by atoms with Crippen LogP contribution in [0.15, 0.2) is 16.7 Å². The number of aryl methyl sites for hydroxylation is 1. The van der Waals surface area contributed by atoms with Gasteiger partial charge in [-0.1, -0.05) is 0 Å². The Labute approximate surface area is 115 Å². The summed E-state index contributed by atoms with van der Waals surface area (Å²) < 4.78 is 0.974. The number of amides is 2. The minimum absolute atomic E-state index is 0.00216. The standard InChI is InChI=1S/C13H16BrN3O/c14-11-6-10-2-1-5-17(12(10)15-8-11)13(18)16-7-9-3-4-9/h6,8-9H,1-5,7H2,(H,16,18). The molecule has 5 heteroatoms. The van der Waals surface area contributed by atoms with Gasteiger partial charge < -0.3 is 5.32 Å². The molecule has 0 aromatic carbocycles. The molecule has 2 heterocycles. The van der Waals surface area contributed by atoms with Crippen molar-refractivity contribution in [1.82, 2.24) is 10.3 Å². The van der Waals surface area contributed by atoms with E-state index in [1.807, 2.05) is 0 Å². The average molecular weight is 310 g/mol. The molecule has 0 bridgehead atoms. The molecule has 1 aromatic heterocycles. The van der Waals surface area contributed by atoms with E-state index >= 15 is 0 Å². The molecule has 1 aliphatic heterocycles. The van der Waals surface area contributed by atoms with E-state index in [1.54, 1.807) is 11.1 Å². The summed E-state index contributed by atoms with van der Waals surface area (Å²) in [6.45, 7) is 1.57. The maximum Gasteiger partial charge on any atom is 0.323 e. The van der Waals surface area contributed by atoms with Gasteiger partial charge in [-0.25, -0.2) is 9.78 Å². The number of hydrogen-bond acceptors (Lipinski definition) is 2. The third kappa shape index (κ3) is 2.51. The van der Waals surface area contributed by atoms with Crippen LogP contribution < -0.4 is 10.2 Å². The van der Waals surface area contributed by atoms with Gasteiger partial charge in [-0.2, -0.15) is 0 Å². The second-order valence-electron chi connectivity index (χ2n) is 5.02. The summed E-state index contributed by atoms with van der Waals surface area (Å²) in [6.07, 6.45) is 6.26. The van der Waals surface area contributed by atoms with E-state index in [4.69, 9.17) is 0 Å². The Bertz CT molecular complexity index is 473. The van der Waals surface area contributed by atoms with Gasteiger partial charge in [-0.15, -0.1) is 0 Å². The van der Waals surface area contributed by atoms with Gasteiger partial charge in [0.05, 0.1) is 0 Å². The van der Waals surface area contributed by atoms with Crippen molar-refractivity contribution in [2.45, 2.75) is 25.7 Å². The van der Waals surface area contributed by atoms with Crippen LogP contribution in [0.2, 0.25) is 0 Å². The lowest BCUT2D eigenvalue weighted by Crippen LogP contribution is -2.44. The third-order valence-electron chi connectivity index (χ3n) is 3.48. The summed E-state index contributed by atoms with van der Waals surface area (Å²) in [7, 11) is 0. The first-order valence-corrected chi connectivity index (χ1v) is 7.23. The van der Waals surface area contributed by atoms with Crippen molar-refractivity contribution in [1.29, 1.82) is 0 Å². The highest BCUT2D eigenvalue weighted by Gasteiger charge is 2.26. The topological polar surface area (TPSA) is 45.2 Å². The van der Waals surface area contributed by atoms with E-state index < -0.39 is 0 Å². The molecule has 1 aromatic rings. The quantitative estimate of drug-likeness (QED) is 0.913. The molecule has 1 aliphatic carbocycles. The van der Waals surface area contributed by atoms with Crippen molar-refractivity contribution in [3.63, 3.8) is 0 Å². The van der Waals surface area contributed by atoms with Crippen molar-refractivity contribution in [3.05, 3.63) is 22.3 Å². The predicted molar refractivity (Wildman–Crippen MR) is 73.7 cm³/mol. The molecule has 4 nitrogen and oxygen atoms in total. The van der Waals surface area contributed by atoms with Crippen LogP contribution >= 0.6 is 15.9 Å². The number of halogens is 1. The second kappa shape index (κ2) is 4.88. The van der Waals surface area contributed by atoms with E-state index in [2.05, 4.69) is 32.3 Å². The van der Waals surface area contributed by atoms with Crippen molar-refractivity contribution in [2.24, 2.45) is 5.92 Å². The molecule has 3 rings (SSSR count). The zero-order valence-corrected chi connectivity index (χ0v) is 11.7. The number of nitrogens with zero attached hydrogens (tertiary/aromatic N) is 2. The molecule has 96 valence electrons. The SMILES string of the molecule is O=C(NCC1CC1)N1CCCc2cc(Br)cnc21. The van der Waals surface area contributed by atoms with Gasteiger partial charge in [-0.05, 0) is 59.2 Å². The summed E-state index contributed by atoms with van der Waals surface area (Å²) >= 11 is 3.42. The molecular weight excluding hydrogens is 294 g/mol. The summed E-state index contributed by atoms with van der Waals surface area (Å²) in [4.78, 5) is 18.3. The fraction of sp³-hybridized carbons (Fsp3) is 0.538. The summed E-state index contributed by atoms with van der Waals surface area (Å²) in [6, 6.07) is 2.06. The summed E-state index contributed by atoms with van der Waals surface area (Å²) in [5.41, 5.74) is 1.15. The van der Waals surface area contributed by atoms with Crippen LogP contribution in [0, 0.1) is 5.92 Å². The first-order valence-electron chi connectivity index (χ1n) is 6.44. The molecule has 2 aliphatic rings. The Balaban J connectivity index is 1.75. The highest BCUT2D eigenvalue weighted by Crippen LogP contribution is 2.29. The Morgan fingerprint density at radius 2 is 2.39 bits per heavy atom. The lowest BCUT2D eigenvalue weighted by molar-refractivity contribution is 0.245. The lowest BCUT2D eigenvalue weighted by Gasteiger charge is -2.28. The highest BCUT2D eigenvalue weighted by atomic mass is 79.9. The van der Waals surface area contributed by atoms with E-state index in [9.17, 15) is 4.79 Å². The smallest absolute Gasteiger partial charge is 0.323 e. The number of hydrogen-bond donors (Lipinski definition) is 1. The van der Waals surface area contributed by atoms with Crippen LogP contribution in [0.5, 0.6) is 0 Å². The largest absolute Gasteiger partial charge is 0.337 e. The normalized spacial score (nSPS) is 18.4. The van der Waals surface area contributed by atoms with Crippen LogP contribution in [0.25, 0.3) is 0 Å². The van der Waals surface area contributed by atoms with Gasteiger partial charge in [0.2, 0.25) is 0 Å². The Morgan fingerprint density at radius 3 is 3.17 bits per heavy atom. The number of fused-ring (bicyclic) bond motifs is 1. The third-order valence-corrected chi connectivity index (χ3v) is 3.91. The van der Waals surface area contributed by atoms with E-state index in [0.717, 1.165) is 41.8 Å². The average Bonchev–Trinajstić information content (AvgIpc) is 3.19. The summed E-state index contributed by atoms with van der Waals surface area (Å²) in [5.74, 6) is 1.52. The van der Waals surface area contributed by atoms with Crippen LogP contribution in [0.4, 0.5) is 10.6 Å². The van der Waals surface area contributed by atoms with Crippen LogP contribution in [-0.4, -0.2) is 24.1 Å².